The summed E-state index contributed by atoms with van der Waals surface area (Å²) in [5, 5.41) is 16.1. The van der Waals surface area contributed by atoms with Crippen molar-refractivity contribution >= 4 is 51.7 Å². The number of esters is 1. The molecular weight excluding hydrogens is 578 g/mol. The van der Waals surface area contributed by atoms with Crippen LogP contribution in [0.2, 0.25) is 0 Å². The Morgan fingerprint density at radius 2 is 1.86 bits per heavy atom. The minimum Gasteiger partial charge on any atom is -0.448 e. The van der Waals surface area contributed by atoms with Crippen LogP contribution in [0.3, 0.4) is 0 Å². The van der Waals surface area contributed by atoms with E-state index in [1.165, 1.54) is 29.2 Å². The molecule has 4 N–H and O–H groups in total. The number of oxime groups is 1. The second-order valence-electron chi connectivity index (χ2n) is 9.05. The van der Waals surface area contributed by atoms with Gasteiger partial charge >= 0.3 is 5.97 Å². The highest BCUT2D eigenvalue weighted by Crippen LogP contribution is 2.41. The number of hydrogen-bond donors (Lipinski definition) is 3. The van der Waals surface area contributed by atoms with Gasteiger partial charge < -0.3 is 25.7 Å². The zero-order valence-corrected chi connectivity index (χ0v) is 23.9. The molecule has 11 nitrogen and oxygen atoms in total. The summed E-state index contributed by atoms with van der Waals surface area (Å²) in [6, 6.07) is 17.6. The fourth-order valence-corrected chi connectivity index (χ4v) is 6.31. The van der Waals surface area contributed by atoms with Gasteiger partial charge in [0.15, 0.2) is 16.9 Å². The highest BCUT2D eigenvalue weighted by atomic mass is 32.2. The minimum atomic E-state index is -0.995. The van der Waals surface area contributed by atoms with Crippen LogP contribution in [0, 0.1) is 11.8 Å². The number of hydrogen-bond acceptors (Lipinski definition) is 11. The largest absolute Gasteiger partial charge is 0.448 e. The van der Waals surface area contributed by atoms with Gasteiger partial charge in [-0.2, -0.15) is 0 Å². The van der Waals surface area contributed by atoms with Crippen LogP contribution >= 0.6 is 23.1 Å². The average molecular weight is 604 g/mol. The molecule has 2 aliphatic rings. The van der Waals surface area contributed by atoms with Crippen molar-refractivity contribution < 1.29 is 29.1 Å². The zero-order chi connectivity index (χ0) is 29.6. The van der Waals surface area contributed by atoms with Gasteiger partial charge in [0.25, 0.3) is 11.8 Å². The second kappa shape index (κ2) is 12.9. The molecular formula is C29H25N5O6S2. The van der Waals surface area contributed by atoms with Gasteiger partial charge in [-0.3, -0.25) is 14.5 Å². The lowest BCUT2D eigenvalue weighted by Crippen LogP contribution is -2.71. The maximum Gasteiger partial charge on any atom is 0.357 e. The lowest BCUT2D eigenvalue weighted by molar-refractivity contribution is -0.154. The molecule has 5 rings (SSSR count). The number of fused-ring (bicyclic) bond motifs is 1. The molecule has 0 radical (unpaired) electrons. The summed E-state index contributed by atoms with van der Waals surface area (Å²) in [7, 11) is 1.50. The Morgan fingerprint density at radius 3 is 2.43 bits per heavy atom. The Balaban J connectivity index is 1.42. The highest BCUT2D eigenvalue weighted by Gasteiger charge is 2.55. The number of thioether (sulfide) groups is 1. The molecule has 2 amide bonds. The monoisotopic (exact) mass is 603 g/mol. The maximum absolute atomic E-state index is 13.9. The van der Waals surface area contributed by atoms with Crippen LogP contribution in [0.25, 0.3) is 0 Å². The average Bonchev–Trinajstić information content (AvgIpc) is 3.45. The van der Waals surface area contributed by atoms with E-state index in [2.05, 4.69) is 27.3 Å². The summed E-state index contributed by atoms with van der Waals surface area (Å²) >= 11 is 2.40. The smallest absolute Gasteiger partial charge is 0.357 e. The number of nitrogens with one attached hydrogen (secondary N) is 1. The van der Waals surface area contributed by atoms with E-state index in [1.807, 2.05) is 60.7 Å². The molecule has 0 aliphatic carbocycles. The summed E-state index contributed by atoms with van der Waals surface area (Å²) < 4.78 is 11.1. The topological polar surface area (TPSA) is 156 Å². The number of methoxy groups -OCH3 is 1. The van der Waals surface area contributed by atoms with Crippen molar-refractivity contribution in [2.75, 3.05) is 25.2 Å². The third-order valence-electron chi connectivity index (χ3n) is 6.41. The SMILES string of the molecule is COCC#CC1=C(C(=O)OC(c2ccccc2)c2ccccc2)N2C(=O)[C@@H](NC(=O)/C(=N\O)c3csc(N)n3)[C@H]2SC1. The molecule has 3 aromatic rings. The van der Waals surface area contributed by atoms with Crippen molar-refractivity contribution in [2.24, 2.45) is 5.16 Å². The van der Waals surface area contributed by atoms with E-state index in [4.69, 9.17) is 15.2 Å². The quantitative estimate of drug-likeness (QED) is 0.0879. The van der Waals surface area contributed by atoms with E-state index in [0.29, 0.717) is 5.57 Å². The van der Waals surface area contributed by atoms with Crippen molar-refractivity contribution in [3.63, 3.8) is 0 Å². The number of carbonyl (C=O) groups is 3. The Morgan fingerprint density at radius 1 is 1.19 bits per heavy atom. The number of benzene rings is 2. The summed E-state index contributed by atoms with van der Waals surface area (Å²) in [5.74, 6) is 4.00. The molecule has 13 heteroatoms. The second-order valence-corrected chi connectivity index (χ2v) is 11.0. The first-order valence-electron chi connectivity index (χ1n) is 12.6. The summed E-state index contributed by atoms with van der Waals surface area (Å²) in [4.78, 5) is 45.5. The standard InChI is InChI=1S/C29H25N5O6S2/c1-39-14-8-13-19-15-41-27-22(32-25(35)21(33-38)20-16-42-29(30)31-20)26(36)34(27)23(19)28(37)40-24(17-9-4-2-5-10-17)18-11-6-3-7-12-18/h2-7,9-12,16,22,24,27,38H,14-15H2,1H3,(H2,30,31)(H,32,35)/b33-21-/t22-,27-/m1/s1. The normalized spacial score (nSPS) is 18.1. The predicted octanol–water partition coefficient (Wildman–Crippen LogP) is 2.54. The number of carbonyl (C=O) groups excluding carboxylic acids is 3. The predicted molar refractivity (Wildman–Crippen MR) is 157 cm³/mol. The van der Waals surface area contributed by atoms with Gasteiger partial charge in [0.2, 0.25) is 0 Å². The third-order valence-corrected chi connectivity index (χ3v) is 8.37. The van der Waals surface area contributed by atoms with E-state index in [0.717, 1.165) is 22.5 Å². The van der Waals surface area contributed by atoms with Gasteiger partial charge in [0.1, 0.15) is 29.4 Å². The highest BCUT2D eigenvalue weighted by molar-refractivity contribution is 8.00. The number of nitrogens with zero attached hydrogens (tertiary/aromatic N) is 3. The Bertz CT molecular complexity index is 1570. The Hall–Kier alpha value is -4.64. The van der Waals surface area contributed by atoms with E-state index in [1.54, 1.807) is 0 Å². The first-order valence-corrected chi connectivity index (χ1v) is 14.6. The minimum absolute atomic E-state index is 0.0121. The molecule has 0 saturated carbocycles. The first kappa shape index (κ1) is 28.9. The van der Waals surface area contributed by atoms with Gasteiger partial charge in [0, 0.05) is 23.8 Å². The van der Waals surface area contributed by atoms with E-state index < -0.39 is 35.3 Å². The number of ether oxygens (including phenoxy) is 2. The van der Waals surface area contributed by atoms with Crippen LogP contribution in [-0.4, -0.2) is 69.5 Å². The van der Waals surface area contributed by atoms with Crippen LogP contribution in [0.4, 0.5) is 5.13 Å². The van der Waals surface area contributed by atoms with Gasteiger partial charge in [-0.1, -0.05) is 77.7 Å². The van der Waals surface area contributed by atoms with E-state index in [-0.39, 0.29) is 34.6 Å². The fourth-order valence-electron chi connectivity index (χ4n) is 4.49. The molecule has 2 aromatic carbocycles. The third kappa shape index (κ3) is 5.87. The van der Waals surface area contributed by atoms with Crippen molar-refractivity contribution in [3.05, 3.63) is 94.1 Å². The molecule has 2 aliphatic heterocycles. The number of nitrogen functional groups attached to an aromatic ring is 1. The first-order chi connectivity index (χ1) is 20.4. The van der Waals surface area contributed by atoms with Crippen LogP contribution in [0.15, 0.2) is 82.5 Å². The van der Waals surface area contributed by atoms with Gasteiger partial charge in [-0.25, -0.2) is 9.78 Å². The number of aromatic nitrogens is 1. The fraction of sp³-hybridized carbons (Fsp3) is 0.207. The lowest BCUT2D eigenvalue weighted by Gasteiger charge is -2.49. The Labute approximate surface area is 249 Å². The molecule has 1 aromatic heterocycles. The maximum atomic E-state index is 13.9. The lowest BCUT2D eigenvalue weighted by atomic mass is 10.0. The molecule has 0 bridgehead atoms. The summed E-state index contributed by atoms with van der Waals surface area (Å²) in [6.07, 6.45) is -0.741. The molecule has 1 fully saturated rings. The molecule has 1 saturated heterocycles. The molecule has 3 heterocycles. The number of β-lactam (4-membered cyclic amide) rings is 1. The molecule has 214 valence electrons. The van der Waals surface area contributed by atoms with Gasteiger partial charge in [0.05, 0.1) is 0 Å². The van der Waals surface area contributed by atoms with E-state index in [9.17, 15) is 19.6 Å². The van der Waals surface area contributed by atoms with Crippen molar-refractivity contribution in [3.8, 4) is 11.8 Å². The molecule has 0 unspecified atom stereocenters. The number of amides is 2. The number of thiazole rings is 1. The molecule has 2 atom stereocenters. The molecule has 0 spiro atoms. The van der Waals surface area contributed by atoms with Crippen LogP contribution in [-0.2, 0) is 23.9 Å². The van der Waals surface area contributed by atoms with E-state index >= 15 is 0 Å². The number of nitrogens with two attached hydrogens (primary N) is 1. The Kier molecular flexibility index (Phi) is 8.87. The number of anilines is 1. The number of rotatable bonds is 8. The molecule has 42 heavy (non-hydrogen) atoms. The van der Waals surface area contributed by atoms with Crippen LogP contribution in [0.5, 0.6) is 0 Å². The van der Waals surface area contributed by atoms with Crippen molar-refractivity contribution in [2.45, 2.75) is 17.5 Å². The van der Waals surface area contributed by atoms with Crippen molar-refractivity contribution in [1.82, 2.24) is 15.2 Å². The summed E-state index contributed by atoms with van der Waals surface area (Å²) in [6.45, 7) is 0.133. The van der Waals surface area contributed by atoms with Crippen molar-refractivity contribution in [1.29, 1.82) is 0 Å². The summed E-state index contributed by atoms with van der Waals surface area (Å²) in [5.41, 5.74) is 7.26. The zero-order valence-electron chi connectivity index (χ0n) is 22.2. The van der Waals surface area contributed by atoms with Gasteiger partial charge in [-0.05, 0) is 11.1 Å². The van der Waals surface area contributed by atoms with Gasteiger partial charge in [-0.15, -0.1) is 23.1 Å². The van der Waals surface area contributed by atoms with Crippen LogP contribution in [0.1, 0.15) is 22.9 Å². The van der Waals surface area contributed by atoms with Crippen LogP contribution < -0.4 is 11.1 Å².